The van der Waals surface area contributed by atoms with Crippen LogP contribution in [0.2, 0.25) is 0 Å². The molecule has 2 fully saturated rings. The van der Waals surface area contributed by atoms with Crippen LogP contribution in [0.25, 0.3) is 0 Å². The number of nitrogens with zero attached hydrogens (tertiary/aromatic N) is 1. The monoisotopic (exact) mass is 260 g/mol. The van der Waals surface area contributed by atoms with Gasteiger partial charge in [0.15, 0.2) is 9.84 Å². The maximum atomic E-state index is 11.7. The van der Waals surface area contributed by atoms with Crippen molar-refractivity contribution in [1.29, 1.82) is 0 Å². The number of hydrogen-bond acceptors (Lipinski definition) is 4. The van der Waals surface area contributed by atoms with Crippen LogP contribution in [0.1, 0.15) is 27.2 Å². The molecule has 0 saturated carbocycles. The lowest BCUT2D eigenvalue weighted by atomic mass is 9.91. The predicted molar refractivity (Wildman–Crippen MR) is 69.9 cm³/mol. The minimum Gasteiger partial charge on any atom is -0.314 e. The molecule has 0 aromatic rings. The molecule has 2 atom stereocenters. The first-order chi connectivity index (χ1) is 7.84. The molecular formula is C12H24N2O2S. The van der Waals surface area contributed by atoms with E-state index >= 15 is 0 Å². The maximum absolute atomic E-state index is 11.7. The molecule has 2 saturated heterocycles. The molecule has 2 aliphatic heterocycles. The summed E-state index contributed by atoms with van der Waals surface area (Å²) in [6, 6.07) is 0.460. The van der Waals surface area contributed by atoms with Gasteiger partial charge in [-0.2, -0.15) is 0 Å². The molecule has 5 heteroatoms. The second-order valence-corrected chi connectivity index (χ2v) is 8.23. The quantitative estimate of drug-likeness (QED) is 0.785. The maximum Gasteiger partial charge on any atom is 0.152 e. The van der Waals surface area contributed by atoms with Gasteiger partial charge in [-0.3, -0.25) is 4.90 Å². The minimum absolute atomic E-state index is 0.143. The van der Waals surface area contributed by atoms with E-state index in [1.807, 2.05) is 0 Å². The lowest BCUT2D eigenvalue weighted by molar-refractivity contribution is 0.0312. The first-order valence-electron chi connectivity index (χ1n) is 6.52. The largest absolute Gasteiger partial charge is 0.314 e. The van der Waals surface area contributed by atoms with Crippen LogP contribution in [0.4, 0.5) is 0 Å². The molecule has 100 valence electrons. The molecular weight excluding hydrogens is 236 g/mol. The number of nitrogens with one attached hydrogen (secondary N) is 1. The zero-order valence-electron chi connectivity index (χ0n) is 11.1. The molecule has 0 bridgehead atoms. The number of sulfone groups is 1. The molecule has 0 amide bonds. The lowest BCUT2D eigenvalue weighted by Gasteiger charge is -2.47. The fourth-order valence-electron chi connectivity index (χ4n) is 3.21. The predicted octanol–water partition coefficient (Wildman–Crippen LogP) is 0.493. The SMILES string of the molecule is CC(C)C1CNCCN1C1(C)CCS(=O)(=O)C1. The molecule has 1 N–H and O–H groups in total. The normalized spacial score (nSPS) is 38.7. The second-order valence-electron chi connectivity index (χ2n) is 6.05. The van der Waals surface area contributed by atoms with Crippen LogP contribution in [0, 0.1) is 5.92 Å². The third kappa shape index (κ3) is 2.66. The van der Waals surface area contributed by atoms with E-state index in [1.54, 1.807) is 0 Å². The summed E-state index contributed by atoms with van der Waals surface area (Å²) in [4.78, 5) is 2.44. The Labute approximate surface area is 105 Å². The summed E-state index contributed by atoms with van der Waals surface area (Å²) in [5.74, 6) is 1.25. The minimum atomic E-state index is -2.81. The van der Waals surface area contributed by atoms with Gasteiger partial charge in [-0.1, -0.05) is 13.8 Å². The molecule has 0 aromatic heterocycles. The molecule has 17 heavy (non-hydrogen) atoms. The van der Waals surface area contributed by atoms with Crippen molar-refractivity contribution < 1.29 is 8.42 Å². The summed E-state index contributed by atoms with van der Waals surface area (Å²) in [7, 11) is -2.81. The van der Waals surface area contributed by atoms with Crippen molar-refractivity contribution in [2.45, 2.75) is 38.8 Å². The fourth-order valence-corrected chi connectivity index (χ4v) is 5.36. The number of rotatable bonds is 2. The molecule has 4 nitrogen and oxygen atoms in total. The Morgan fingerprint density at radius 2 is 2.12 bits per heavy atom. The third-order valence-corrected chi connectivity index (χ3v) is 6.12. The average Bonchev–Trinajstić information content (AvgIpc) is 2.54. The molecule has 2 heterocycles. The zero-order valence-corrected chi connectivity index (χ0v) is 11.9. The Morgan fingerprint density at radius 3 is 2.65 bits per heavy atom. The van der Waals surface area contributed by atoms with E-state index in [-0.39, 0.29) is 5.54 Å². The Hall–Kier alpha value is -0.130. The average molecular weight is 260 g/mol. The fraction of sp³-hybridized carbons (Fsp3) is 1.00. The lowest BCUT2D eigenvalue weighted by Crippen LogP contribution is -2.62. The molecule has 0 aliphatic carbocycles. The van der Waals surface area contributed by atoms with E-state index in [0.717, 1.165) is 26.1 Å². The van der Waals surface area contributed by atoms with E-state index in [9.17, 15) is 8.42 Å². The van der Waals surface area contributed by atoms with Crippen LogP contribution >= 0.6 is 0 Å². The highest BCUT2D eigenvalue weighted by Gasteiger charge is 2.46. The first-order valence-corrected chi connectivity index (χ1v) is 8.34. The molecule has 2 unspecified atom stereocenters. The summed E-state index contributed by atoms with van der Waals surface area (Å²) >= 11 is 0. The van der Waals surface area contributed by atoms with E-state index in [4.69, 9.17) is 0 Å². The first kappa shape index (κ1) is 13.3. The van der Waals surface area contributed by atoms with Gasteiger partial charge in [-0.15, -0.1) is 0 Å². The van der Waals surface area contributed by atoms with Crippen molar-refractivity contribution in [2.75, 3.05) is 31.1 Å². The van der Waals surface area contributed by atoms with E-state index < -0.39 is 9.84 Å². The summed E-state index contributed by atoms with van der Waals surface area (Å²) in [5.41, 5.74) is -0.143. The van der Waals surface area contributed by atoms with Gasteiger partial charge in [0.05, 0.1) is 11.5 Å². The Morgan fingerprint density at radius 1 is 1.41 bits per heavy atom. The third-order valence-electron chi connectivity index (χ3n) is 4.23. The van der Waals surface area contributed by atoms with Gasteiger partial charge in [0, 0.05) is 31.2 Å². The van der Waals surface area contributed by atoms with E-state index in [2.05, 4.69) is 31.0 Å². The van der Waals surface area contributed by atoms with E-state index in [1.165, 1.54) is 0 Å². The van der Waals surface area contributed by atoms with Crippen LogP contribution in [0.15, 0.2) is 0 Å². The van der Waals surface area contributed by atoms with Crippen molar-refractivity contribution in [1.82, 2.24) is 10.2 Å². The van der Waals surface area contributed by atoms with Gasteiger partial charge in [-0.05, 0) is 19.3 Å². The summed E-state index contributed by atoms with van der Waals surface area (Å²) in [6.07, 6.45) is 0.790. The topological polar surface area (TPSA) is 49.4 Å². The molecule has 2 aliphatic rings. The van der Waals surface area contributed by atoms with Crippen LogP contribution in [0.3, 0.4) is 0 Å². The van der Waals surface area contributed by atoms with Gasteiger partial charge in [0.2, 0.25) is 0 Å². The van der Waals surface area contributed by atoms with Gasteiger partial charge < -0.3 is 5.32 Å². The van der Waals surface area contributed by atoms with Gasteiger partial charge in [-0.25, -0.2) is 8.42 Å². The second kappa shape index (κ2) is 4.52. The molecule has 0 spiro atoms. The molecule has 0 aromatic carbocycles. The zero-order chi connectivity index (χ0) is 12.7. The van der Waals surface area contributed by atoms with E-state index in [0.29, 0.717) is 23.5 Å². The summed E-state index contributed by atoms with van der Waals surface area (Å²) < 4.78 is 23.4. The van der Waals surface area contributed by atoms with Crippen molar-refractivity contribution in [3.63, 3.8) is 0 Å². The Kier molecular flexibility index (Phi) is 3.54. The number of hydrogen-bond donors (Lipinski definition) is 1. The highest BCUT2D eigenvalue weighted by atomic mass is 32.2. The molecule has 2 rings (SSSR count). The van der Waals surface area contributed by atoms with Crippen molar-refractivity contribution in [3.05, 3.63) is 0 Å². The van der Waals surface area contributed by atoms with Crippen LogP contribution in [0.5, 0.6) is 0 Å². The number of piperazine rings is 1. The van der Waals surface area contributed by atoms with Crippen LogP contribution < -0.4 is 5.32 Å². The highest BCUT2D eigenvalue weighted by Crippen LogP contribution is 2.33. The van der Waals surface area contributed by atoms with Crippen LogP contribution in [-0.2, 0) is 9.84 Å². The summed E-state index contributed by atoms with van der Waals surface area (Å²) in [6.45, 7) is 9.48. The highest BCUT2D eigenvalue weighted by molar-refractivity contribution is 7.91. The van der Waals surface area contributed by atoms with Crippen molar-refractivity contribution >= 4 is 9.84 Å². The van der Waals surface area contributed by atoms with Gasteiger partial charge in [0.25, 0.3) is 0 Å². The standard InChI is InChI=1S/C12H24N2O2S/c1-10(2)11-8-13-5-6-14(11)12(3)4-7-17(15,16)9-12/h10-11,13H,4-9H2,1-3H3. The van der Waals surface area contributed by atoms with Crippen LogP contribution in [-0.4, -0.2) is 56.0 Å². The smallest absolute Gasteiger partial charge is 0.152 e. The van der Waals surface area contributed by atoms with Gasteiger partial charge >= 0.3 is 0 Å². The molecule has 0 radical (unpaired) electrons. The van der Waals surface area contributed by atoms with Gasteiger partial charge in [0.1, 0.15) is 0 Å². The Balaban J connectivity index is 2.19. The van der Waals surface area contributed by atoms with Crippen molar-refractivity contribution in [3.8, 4) is 0 Å². The summed E-state index contributed by atoms with van der Waals surface area (Å²) in [5, 5.41) is 3.42. The van der Waals surface area contributed by atoms with Crippen molar-refractivity contribution in [2.24, 2.45) is 5.92 Å². The Bertz CT molecular complexity index is 380.